The van der Waals surface area contributed by atoms with E-state index in [4.69, 9.17) is 0 Å². The van der Waals surface area contributed by atoms with Crippen LogP contribution in [0, 0.1) is 0 Å². The summed E-state index contributed by atoms with van der Waals surface area (Å²) in [6.07, 6.45) is 0.214. The van der Waals surface area contributed by atoms with Crippen LogP contribution in [0.5, 0.6) is 0 Å². The Kier molecular flexibility index (Phi) is 3.98. The van der Waals surface area contributed by atoms with Crippen LogP contribution in [-0.4, -0.2) is 21.3 Å². The van der Waals surface area contributed by atoms with Crippen molar-refractivity contribution >= 4 is 44.4 Å². The quantitative estimate of drug-likeness (QED) is 0.842. The van der Waals surface area contributed by atoms with Crippen molar-refractivity contribution in [3.63, 3.8) is 0 Å². The summed E-state index contributed by atoms with van der Waals surface area (Å²) in [5.41, 5.74) is 0.849. The van der Waals surface area contributed by atoms with Gasteiger partial charge in [0.1, 0.15) is 0 Å². The number of carboxylic acids is 1. The Morgan fingerprint density at radius 3 is 2.78 bits per heavy atom. The van der Waals surface area contributed by atoms with Crippen molar-refractivity contribution in [1.29, 1.82) is 0 Å². The molecule has 0 saturated heterocycles. The average Bonchev–Trinajstić information content (AvgIpc) is 2.69. The molecule has 0 aliphatic heterocycles. The molecule has 6 heteroatoms. The molecule has 1 heterocycles. The number of carbonyl (C=O) groups is 2. The highest BCUT2D eigenvalue weighted by molar-refractivity contribution is 8.14. The predicted octanol–water partition coefficient (Wildman–Crippen LogP) is 1.24. The second-order valence-electron chi connectivity index (χ2n) is 3.70. The second kappa shape index (κ2) is 5.49. The number of carboxylic acid groups (broad SMARTS) is 1. The van der Waals surface area contributed by atoms with Gasteiger partial charge in [0.15, 0.2) is 5.12 Å². The first kappa shape index (κ1) is 13.0. The van der Waals surface area contributed by atoms with Gasteiger partial charge in [-0.3, -0.25) is 4.79 Å². The van der Waals surface area contributed by atoms with Crippen LogP contribution in [-0.2, 0) is 16.0 Å². The van der Waals surface area contributed by atoms with E-state index in [0.29, 0.717) is 5.01 Å². The van der Waals surface area contributed by atoms with Crippen LogP contribution >= 0.6 is 23.1 Å². The van der Waals surface area contributed by atoms with Gasteiger partial charge < -0.3 is 9.90 Å². The topological polar surface area (TPSA) is 70.1 Å². The number of nitrogens with zero attached hydrogens (tertiary/aromatic N) is 1. The molecule has 0 saturated carbocycles. The molecule has 2 aromatic rings. The van der Waals surface area contributed by atoms with Crippen LogP contribution < -0.4 is 5.11 Å². The fourth-order valence-corrected chi connectivity index (χ4v) is 3.40. The van der Waals surface area contributed by atoms with Gasteiger partial charge in [0.05, 0.1) is 26.4 Å². The third-order valence-electron chi connectivity index (χ3n) is 2.27. The zero-order valence-electron chi connectivity index (χ0n) is 9.58. The average molecular weight is 280 g/mol. The number of carbonyl (C=O) groups excluding carboxylic acids is 2. The summed E-state index contributed by atoms with van der Waals surface area (Å²) >= 11 is 2.22. The first-order valence-corrected chi connectivity index (χ1v) is 6.98. The SMILES string of the molecule is CC(=O)S[C@@H](Cc1nc2ccccc2s1)C(=O)[O-]. The lowest BCUT2D eigenvalue weighted by Gasteiger charge is -2.13. The van der Waals surface area contributed by atoms with Gasteiger partial charge in [-0.2, -0.15) is 0 Å². The van der Waals surface area contributed by atoms with Crippen LogP contribution in [0.4, 0.5) is 0 Å². The molecule has 0 spiro atoms. The molecule has 0 amide bonds. The molecule has 0 radical (unpaired) electrons. The summed E-state index contributed by atoms with van der Waals surface area (Å²) in [5.74, 6) is -1.23. The summed E-state index contributed by atoms with van der Waals surface area (Å²) < 4.78 is 1.01. The van der Waals surface area contributed by atoms with Crippen molar-refractivity contribution in [3.8, 4) is 0 Å². The predicted molar refractivity (Wildman–Crippen MR) is 70.4 cm³/mol. The fraction of sp³-hybridized carbons (Fsp3) is 0.250. The highest BCUT2D eigenvalue weighted by Gasteiger charge is 2.16. The summed E-state index contributed by atoms with van der Waals surface area (Å²) in [6, 6.07) is 7.60. The van der Waals surface area contributed by atoms with Gasteiger partial charge in [-0.25, -0.2) is 4.98 Å². The number of hydrogen-bond acceptors (Lipinski definition) is 6. The zero-order chi connectivity index (χ0) is 13.1. The molecule has 0 N–H and O–H groups in total. The van der Waals surface area contributed by atoms with Gasteiger partial charge in [0.2, 0.25) is 0 Å². The van der Waals surface area contributed by atoms with Crippen LogP contribution in [0.3, 0.4) is 0 Å². The Bertz CT molecular complexity index is 561. The minimum absolute atomic E-state index is 0.214. The van der Waals surface area contributed by atoms with E-state index in [1.807, 2.05) is 24.3 Å². The molecule has 0 unspecified atom stereocenters. The highest BCUT2D eigenvalue weighted by Crippen LogP contribution is 2.25. The Morgan fingerprint density at radius 2 is 2.17 bits per heavy atom. The first-order chi connectivity index (χ1) is 8.56. The molecule has 1 aromatic carbocycles. The summed E-state index contributed by atoms with van der Waals surface area (Å²) in [7, 11) is 0. The van der Waals surface area contributed by atoms with Gasteiger partial charge in [0, 0.05) is 13.3 Å². The normalized spacial score (nSPS) is 12.5. The van der Waals surface area contributed by atoms with Crippen LogP contribution in [0.2, 0.25) is 0 Å². The van der Waals surface area contributed by atoms with Gasteiger partial charge in [0.25, 0.3) is 0 Å². The maximum Gasteiger partial charge on any atom is 0.186 e. The largest absolute Gasteiger partial charge is 0.549 e. The third kappa shape index (κ3) is 3.08. The van der Waals surface area contributed by atoms with Crippen molar-refractivity contribution in [2.45, 2.75) is 18.6 Å². The fourth-order valence-electron chi connectivity index (χ4n) is 1.54. The Hall–Kier alpha value is -1.40. The van der Waals surface area contributed by atoms with Crippen molar-refractivity contribution in [2.75, 3.05) is 0 Å². The molecule has 4 nitrogen and oxygen atoms in total. The Balaban J connectivity index is 2.20. The summed E-state index contributed by atoms with van der Waals surface area (Å²) in [5, 5.41) is 10.6. The van der Waals surface area contributed by atoms with Crippen molar-refractivity contribution in [3.05, 3.63) is 29.3 Å². The number of benzene rings is 1. The van der Waals surface area contributed by atoms with Crippen LogP contribution in [0.15, 0.2) is 24.3 Å². The van der Waals surface area contributed by atoms with Gasteiger partial charge in [-0.05, 0) is 12.1 Å². The van der Waals surface area contributed by atoms with Crippen molar-refractivity contribution in [2.24, 2.45) is 0 Å². The van der Waals surface area contributed by atoms with Gasteiger partial charge >= 0.3 is 0 Å². The maximum absolute atomic E-state index is 11.0. The monoisotopic (exact) mass is 280 g/mol. The summed E-state index contributed by atoms with van der Waals surface area (Å²) in [4.78, 5) is 26.3. The van der Waals surface area contributed by atoms with E-state index in [9.17, 15) is 14.7 Å². The second-order valence-corrected chi connectivity index (χ2v) is 6.19. The minimum Gasteiger partial charge on any atom is -0.549 e. The number of aromatic nitrogens is 1. The van der Waals surface area contributed by atoms with Crippen molar-refractivity contribution in [1.82, 2.24) is 4.98 Å². The maximum atomic E-state index is 11.0. The zero-order valence-corrected chi connectivity index (χ0v) is 11.2. The molecule has 0 bridgehead atoms. The summed E-state index contributed by atoms with van der Waals surface area (Å²) in [6.45, 7) is 1.35. The van der Waals surface area contributed by atoms with Gasteiger partial charge in [-0.15, -0.1) is 11.3 Å². The molecule has 0 aliphatic rings. The first-order valence-electron chi connectivity index (χ1n) is 5.29. The smallest absolute Gasteiger partial charge is 0.186 e. The number of thiazole rings is 1. The van der Waals surface area contributed by atoms with Gasteiger partial charge in [-0.1, -0.05) is 23.9 Å². The molecular weight excluding hydrogens is 270 g/mol. The molecule has 0 fully saturated rings. The lowest BCUT2D eigenvalue weighted by atomic mass is 10.3. The number of fused-ring (bicyclic) bond motifs is 1. The number of thioether (sulfide) groups is 1. The molecule has 18 heavy (non-hydrogen) atoms. The van der Waals surface area contributed by atoms with E-state index >= 15 is 0 Å². The number of hydrogen-bond donors (Lipinski definition) is 0. The van der Waals surface area contributed by atoms with E-state index in [2.05, 4.69) is 4.98 Å². The molecule has 1 aromatic heterocycles. The Labute approximate surface area is 112 Å². The van der Waals surface area contributed by atoms with Crippen molar-refractivity contribution < 1.29 is 14.7 Å². The van der Waals surface area contributed by atoms with E-state index in [0.717, 1.165) is 22.0 Å². The number of aliphatic carboxylic acids is 1. The molecular formula is C12H10NO3S2-. The van der Waals surface area contributed by atoms with E-state index in [-0.39, 0.29) is 11.5 Å². The van der Waals surface area contributed by atoms with Crippen LogP contribution in [0.25, 0.3) is 10.2 Å². The van der Waals surface area contributed by atoms with E-state index < -0.39 is 11.2 Å². The molecule has 94 valence electrons. The molecule has 2 rings (SSSR count). The standard InChI is InChI=1S/C12H11NO3S2/c1-7(14)17-10(12(15)16)6-11-13-8-4-2-3-5-9(8)18-11/h2-5,10H,6H2,1H3,(H,15,16)/p-1/t10-/m0/s1. The number of rotatable bonds is 4. The van der Waals surface area contributed by atoms with E-state index in [1.54, 1.807) is 0 Å². The number of para-hydroxylation sites is 1. The van der Waals surface area contributed by atoms with Crippen LogP contribution in [0.1, 0.15) is 11.9 Å². The lowest BCUT2D eigenvalue weighted by molar-refractivity contribution is -0.304. The molecule has 1 atom stereocenters. The van der Waals surface area contributed by atoms with E-state index in [1.165, 1.54) is 18.3 Å². The molecule has 0 aliphatic carbocycles. The Morgan fingerprint density at radius 1 is 1.44 bits per heavy atom. The minimum atomic E-state index is -1.23. The lowest BCUT2D eigenvalue weighted by Crippen LogP contribution is -2.35. The third-order valence-corrected chi connectivity index (χ3v) is 4.30. The highest BCUT2D eigenvalue weighted by atomic mass is 32.2.